The maximum absolute atomic E-state index is 13.1. The number of fused-ring (bicyclic) bond motifs is 1. The molecule has 3 rings (SSSR count). The number of amides is 1. The molecule has 0 spiro atoms. The van der Waals surface area contributed by atoms with Crippen molar-refractivity contribution in [2.45, 2.75) is 26.2 Å². The summed E-state index contributed by atoms with van der Waals surface area (Å²) in [6.45, 7) is 4.26. The summed E-state index contributed by atoms with van der Waals surface area (Å²) in [5.74, 6) is 0.0536. The molecular weight excluding hydrogens is 330 g/mol. The molecule has 0 saturated heterocycles. The maximum Gasteiger partial charge on any atom is 0.232 e. The molecule has 0 aliphatic rings. The second-order valence-electron chi connectivity index (χ2n) is 6.43. The molecule has 2 atom stereocenters. The lowest BCUT2D eigenvalue weighted by Gasteiger charge is -2.24. The van der Waals surface area contributed by atoms with Gasteiger partial charge in [0, 0.05) is 10.7 Å². The quantitative estimate of drug-likeness (QED) is 0.577. The first-order valence-corrected chi connectivity index (χ1v) is 9.02. The molecule has 25 heavy (non-hydrogen) atoms. The van der Waals surface area contributed by atoms with E-state index in [2.05, 4.69) is 43.4 Å². The fourth-order valence-corrected chi connectivity index (χ4v) is 3.34. The zero-order valence-corrected chi connectivity index (χ0v) is 15.3. The molecule has 0 aliphatic heterocycles. The van der Waals surface area contributed by atoms with Crippen LogP contribution in [0, 0.1) is 5.92 Å². The molecule has 1 amide bonds. The summed E-state index contributed by atoms with van der Waals surface area (Å²) in [6.07, 6.45) is 0.932. The highest BCUT2D eigenvalue weighted by atomic mass is 35.5. The monoisotopic (exact) mass is 351 g/mol. The van der Waals surface area contributed by atoms with Crippen LogP contribution >= 0.6 is 11.6 Å². The van der Waals surface area contributed by atoms with Gasteiger partial charge in [-0.2, -0.15) is 0 Å². The first-order chi connectivity index (χ1) is 12.1. The zero-order chi connectivity index (χ0) is 17.8. The molecule has 3 aromatic carbocycles. The van der Waals surface area contributed by atoms with Gasteiger partial charge in [-0.25, -0.2) is 0 Å². The second kappa shape index (κ2) is 7.71. The van der Waals surface area contributed by atoms with Gasteiger partial charge in [0.25, 0.3) is 0 Å². The summed E-state index contributed by atoms with van der Waals surface area (Å²) >= 11 is 5.93. The Morgan fingerprint density at radius 2 is 1.68 bits per heavy atom. The summed E-state index contributed by atoms with van der Waals surface area (Å²) < 4.78 is 0. The highest BCUT2D eigenvalue weighted by Gasteiger charge is 2.27. The van der Waals surface area contributed by atoms with E-state index >= 15 is 0 Å². The number of rotatable bonds is 5. The van der Waals surface area contributed by atoms with Crippen molar-refractivity contribution in [3.05, 3.63) is 77.3 Å². The molecule has 0 fully saturated rings. The van der Waals surface area contributed by atoms with Crippen molar-refractivity contribution in [2.75, 3.05) is 5.32 Å². The van der Waals surface area contributed by atoms with Gasteiger partial charge in [0.15, 0.2) is 0 Å². The van der Waals surface area contributed by atoms with Crippen molar-refractivity contribution in [1.29, 1.82) is 0 Å². The van der Waals surface area contributed by atoms with Crippen molar-refractivity contribution in [3.8, 4) is 0 Å². The van der Waals surface area contributed by atoms with E-state index < -0.39 is 0 Å². The smallest absolute Gasteiger partial charge is 0.232 e. The topological polar surface area (TPSA) is 29.1 Å². The summed E-state index contributed by atoms with van der Waals surface area (Å²) in [5.41, 5.74) is 1.85. The predicted molar refractivity (Wildman–Crippen MR) is 106 cm³/mol. The molecule has 0 heterocycles. The zero-order valence-electron chi connectivity index (χ0n) is 14.5. The Labute approximate surface area is 153 Å². The number of hydrogen-bond acceptors (Lipinski definition) is 1. The van der Waals surface area contributed by atoms with Gasteiger partial charge < -0.3 is 5.32 Å². The minimum atomic E-state index is -0.202. The standard InChI is InChI=1S/C22H22ClNO/c1-3-15(2)21(22(25)24-18-13-11-17(23)12-14-18)20-10-6-8-16-7-4-5-9-19(16)20/h4-15,21H,3H2,1-2H3,(H,24,25). The van der Waals surface area contributed by atoms with Crippen molar-refractivity contribution >= 4 is 34.0 Å². The number of carbonyl (C=O) groups excluding carboxylic acids is 1. The molecule has 0 radical (unpaired) electrons. The largest absolute Gasteiger partial charge is 0.326 e. The summed E-state index contributed by atoms with van der Waals surface area (Å²) in [4.78, 5) is 13.1. The van der Waals surface area contributed by atoms with E-state index in [-0.39, 0.29) is 17.7 Å². The SMILES string of the molecule is CCC(C)C(C(=O)Nc1ccc(Cl)cc1)c1cccc2ccccc12. The Balaban J connectivity index is 1.99. The van der Waals surface area contributed by atoms with Gasteiger partial charge in [-0.1, -0.05) is 74.3 Å². The molecule has 0 bridgehead atoms. The lowest BCUT2D eigenvalue weighted by atomic mass is 9.82. The normalized spacial score (nSPS) is 13.4. The fraction of sp³-hybridized carbons (Fsp3) is 0.227. The number of anilines is 1. The van der Waals surface area contributed by atoms with Crippen LogP contribution in [0.2, 0.25) is 5.02 Å². The van der Waals surface area contributed by atoms with E-state index in [1.165, 1.54) is 0 Å². The van der Waals surface area contributed by atoms with Crippen LogP contribution in [0.4, 0.5) is 5.69 Å². The van der Waals surface area contributed by atoms with E-state index in [9.17, 15) is 4.79 Å². The van der Waals surface area contributed by atoms with E-state index in [4.69, 9.17) is 11.6 Å². The molecule has 128 valence electrons. The van der Waals surface area contributed by atoms with Crippen LogP contribution in [0.25, 0.3) is 10.8 Å². The molecule has 3 aromatic rings. The molecule has 0 aromatic heterocycles. The van der Waals surface area contributed by atoms with Crippen molar-refractivity contribution < 1.29 is 4.79 Å². The summed E-state index contributed by atoms with van der Waals surface area (Å²) in [7, 11) is 0. The maximum atomic E-state index is 13.1. The number of benzene rings is 3. The molecule has 0 saturated carbocycles. The van der Waals surface area contributed by atoms with Crippen LogP contribution in [0.1, 0.15) is 31.7 Å². The number of carbonyl (C=O) groups is 1. The Bertz CT molecular complexity index is 867. The second-order valence-corrected chi connectivity index (χ2v) is 6.86. The van der Waals surface area contributed by atoms with Crippen LogP contribution in [0.5, 0.6) is 0 Å². The molecule has 2 unspecified atom stereocenters. The van der Waals surface area contributed by atoms with Crippen LogP contribution in [-0.4, -0.2) is 5.91 Å². The molecule has 2 nitrogen and oxygen atoms in total. The number of halogens is 1. The van der Waals surface area contributed by atoms with E-state index in [0.717, 1.165) is 28.4 Å². The van der Waals surface area contributed by atoms with E-state index in [1.54, 1.807) is 12.1 Å². The first-order valence-electron chi connectivity index (χ1n) is 8.64. The van der Waals surface area contributed by atoms with Gasteiger partial charge >= 0.3 is 0 Å². The van der Waals surface area contributed by atoms with Gasteiger partial charge in [0.05, 0.1) is 5.92 Å². The third kappa shape index (κ3) is 3.85. The van der Waals surface area contributed by atoms with Crippen LogP contribution < -0.4 is 5.32 Å². The van der Waals surface area contributed by atoms with Crippen LogP contribution in [0.15, 0.2) is 66.7 Å². The van der Waals surface area contributed by atoms with Crippen LogP contribution in [0.3, 0.4) is 0 Å². The predicted octanol–water partition coefficient (Wildman–Crippen LogP) is 6.26. The third-order valence-electron chi connectivity index (χ3n) is 4.77. The fourth-order valence-electron chi connectivity index (χ4n) is 3.22. The Morgan fingerprint density at radius 1 is 1.00 bits per heavy atom. The van der Waals surface area contributed by atoms with Crippen molar-refractivity contribution in [1.82, 2.24) is 0 Å². The van der Waals surface area contributed by atoms with Crippen molar-refractivity contribution in [3.63, 3.8) is 0 Å². The molecule has 0 aliphatic carbocycles. The average molecular weight is 352 g/mol. The van der Waals surface area contributed by atoms with Gasteiger partial charge in [0.2, 0.25) is 5.91 Å². The van der Waals surface area contributed by atoms with Gasteiger partial charge in [-0.15, -0.1) is 0 Å². The van der Waals surface area contributed by atoms with Crippen molar-refractivity contribution in [2.24, 2.45) is 5.92 Å². The van der Waals surface area contributed by atoms with E-state index in [0.29, 0.717) is 5.02 Å². The summed E-state index contributed by atoms with van der Waals surface area (Å²) in [5, 5.41) is 6.01. The Morgan fingerprint density at radius 3 is 2.40 bits per heavy atom. The lowest BCUT2D eigenvalue weighted by Crippen LogP contribution is -2.26. The Hall–Kier alpha value is -2.32. The molecular formula is C22H22ClNO. The highest BCUT2D eigenvalue weighted by molar-refractivity contribution is 6.30. The first kappa shape index (κ1) is 17.5. The lowest BCUT2D eigenvalue weighted by molar-refractivity contribution is -0.118. The van der Waals surface area contributed by atoms with Crippen LogP contribution in [-0.2, 0) is 4.79 Å². The minimum absolute atomic E-state index is 0.0213. The number of nitrogens with one attached hydrogen (secondary N) is 1. The third-order valence-corrected chi connectivity index (χ3v) is 5.02. The molecule has 1 N–H and O–H groups in total. The minimum Gasteiger partial charge on any atom is -0.326 e. The van der Waals surface area contributed by atoms with Gasteiger partial charge in [0.1, 0.15) is 0 Å². The van der Waals surface area contributed by atoms with Gasteiger partial charge in [-0.3, -0.25) is 4.79 Å². The van der Waals surface area contributed by atoms with Gasteiger partial charge in [-0.05, 0) is 46.5 Å². The highest BCUT2D eigenvalue weighted by Crippen LogP contribution is 2.33. The summed E-state index contributed by atoms with van der Waals surface area (Å²) in [6, 6.07) is 21.6. The average Bonchev–Trinajstić information content (AvgIpc) is 2.64. The Kier molecular flexibility index (Phi) is 5.40. The molecule has 3 heteroatoms. The van der Waals surface area contributed by atoms with E-state index in [1.807, 2.05) is 30.3 Å². The number of hydrogen-bond donors (Lipinski definition) is 1.